The van der Waals surface area contributed by atoms with Gasteiger partial charge in [0, 0.05) is 17.8 Å². The summed E-state index contributed by atoms with van der Waals surface area (Å²) < 4.78 is 0. The van der Waals surface area contributed by atoms with Crippen molar-refractivity contribution in [2.45, 2.75) is 27.7 Å². The Kier molecular flexibility index (Phi) is 7.95. The van der Waals surface area contributed by atoms with Gasteiger partial charge in [0.15, 0.2) is 0 Å². The van der Waals surface area contributed by atoms with Crippen molar-refractivity contribution in [1.29, 1.82) is 0 Å². The van der Waals surface area contributed by atoms with Gasteiger partial charge >= 0.3 is 0 Å². The Morgan fingerprint density at radius 1 is 0.966 bits per heavy atom. The van der Waals surface area contributed by atoms with Gasteiger partial charge in [-0.25, -0.2) is 0 Å². The van der Waals surface area contributed by atoms with Crippen LogP contribution in [-0.4, -0.2) is 42.3 Å². The maximum absolute atomic E-state index is 12.9. The second-order valence-electron chi connectivity index (χ2n) is 7.59. The van der Waals surface area contributed by atoms with E-state index in [1.807, 2.05) is 64.1 Å². The Morgan fingerprint density at radius 2 is 1.69 bits per heavy atom. The quantitative estimate of drug-likeness (QED) is 0.721. The van der Waals surface area contributed by atoms with E-state index in [1.54, 1.807) is 12.1 Å². The second kappa shape index (κ2) is 10.4. The van der Waals surface area contributed by atoms with Crippen molar-refractivity contribution in [3.8, 4) is 0 Å². The third-order valence-corrected chi connectivity index (χ3v) is 4.33. The van der Waals surface area contributed by atoms with Gasteiger partial charge in [0.1, 0.15) is 0 Å². The van der Waals surface area contributed by atoms with Crippen LogP contribution in [0.2, 0.25) is 0 Å². The smallest absolute Gasteiger partial charge is 0.254 e. The predicted molar refractivity (Wildman–Crippen MR) is 115 cm³/mol. The number of aryl methyl sites for hydroxylation is 2. The van der Waals surface area contributed by atoms with Crippen LogP contribution in [0.1, 0.15) is 35.3 Å². The molecule has 0 aromatic heterocycles. The molecule has 0 fully saturated rings. The summed E-state index contributed by atoms with van der Waals surface area (Å²) in [7, 11) is 0. The van der Waals surface area contributed by atoms with Crippen LogP contribution in [0.5, 0.6) is 0 Å². The first kappa shape index (κ1) is 22.1. The normalized spacial score (nSPS) is 10.5. The van der Waals surface area contributed by atoms with E-state index in [-0.39, 0.29) is 36.7 Å². The summed E-state index contributed by atoms with van der Waals surface area (Å²) >= 11 is 0. The lowest BCUT2D eigenvalue weighted by Crippen LogP contribution is -2.44. The Balaban J connectivity index is 1.94. The number of benzene rings is 2. The largest absolute Gasteiger partial charge is 0.345 e. The van der Waals surface area contributed by atoms with Gasteiger partial charge in [0.25, 0.3) is 5.91 Å². The zero-order valence-electron chi connectivity index (χ0n) is 17.5. The van der Waals surface area contributed by atoms with Crippen molar-refractivity contribution >= 4 is 23.4 Å². The lowest BCUT2D eigenvalue weighted by Gasteiger charge is -2.24. The zero-order valence-corrected chi connectivity index (χ0v) is 17.5. The molecule has 3 amide bonds. The molecule has 6 nitrogen and oxygen atoms in total. The highest BCUT2D eigenvalue weighted by Gasteiger charge is 2.21. The van der Waals surface area contributed by atoms with Gasteiger partial charge in [-0.15, -0.1) is 0 Å². The van der Waals surface area contributed by atoms with Crippen molar-refractivity contribution in [1.82, 2.24) is 10.2 Å². The maximum atomic E-state index is 12.9. The molecule has 2 aromatic carbocycles. The van der Waals surface area contributed by atoms with Crippen molar-refractivity contribution in [3.05, 3.63) is 65.2 Å². The number of nitrogens with zero attached hydrogens (tertiary/aromatic N) is 1. The lowest BCUT2D eigenvalue weighted by atomic mass is 10.1. The van der Waals surface area contributed by atoms with Crippen LogP contribution in [0.25, 0.3) is 0 Å². The Labute approximate surface area is 172 Å². The summed E-state index contributed by atoms with van der Waals surface area (Å²) in [5, 5.41) is 5.34. The molecule has 29 heavy (non-hydrogen) atoms. The summed E-state index contributed by atoms with van der Waals surface area (Å²) in [4.78, 5) is 38.9. The molecule has 0 bridgehead atoms. The molecule has 0 saturated heterocycles. The van der Waals surface area contributed by atoms with E-state index >= 15 is 0 Å². The summed E-state index contributed by atoms with van der Waals surface area (Å²) in [6.07, 6.45) is 0. The van der Waals surface area contributed by atoms with Gasteiger partial charge in [-0.2, -0.15) is 0 Å². The molecular weight excluding hydrogens is 366 g/mol. The minimum atomic E-state index is -0.369. The van der Waals surface area contributed by atoms with Crippen LogP contribution >= 0.6 is 0 Å². The molecule has 0 radical (unpaired) electrons. The average Bonchev–Trinajstić information content (AvgIpc) is 2.65. The zero-order chi connectivity index (χ0) is 21.4. The topological polar surface area (TPSA) is 78.5 Å². The molecule has 154 valence electrons. The fourth-order valence-electron chi connectivity index (χ4n) is 2.98. The monoisotopic (exact) mass is 395 g/mol. The van der Waals surface area contributed by atoms with E-state index in [1.165, 1.54) is 4.90 Å². The van der Waals surface area contributed by atoms with Crippen molar-refractivity contribution < 1.29 is 14.4 Å². The second-order valence-corrected chi connectivity index (χ2v) is 7.59. The fraction of sp³-hybridized carbons (Fsp3) is 0.348. The third-order valence-electron chi connectivity index (χ3n) is 4.33. The van der Waals surface area contributed by atoms with Crippen LogP contribution in [0.15, 0.2) is 48.5 Å². The molecule has 0 aliphatic carbocycles. The predicted octanol–water partition coefficient (Wildman–Crippen LogP) is 3.16. The lowest BCUT2D eigenvalue weighted by molar-refractivity contribution is -0.124. The van der Waals surface area contributed by atoms with Crippen LogP contribution in [0.4, 0.5) is 5.69 Å². The van der Waals surface area contributed by atoms with Gasteiger partial charge in [0.2, 0.25) is 11.8 Å². The van der Waals surface area contributed by atoms with E-state index in [2.05, 4.69) is 10.6 Å². The standard InChI is InChI=1S/C23H29N3O3/c1-16(2)14-26(23(29)20-11-6-5-9-18(20)4)15-22(28)24-13-21(27)25-19-10-7-8-17(3)12-19/h5-12,16H,13-15H2,1-4H3,(H,24,28)(H,25,27). The summed E-state index contributed by atoms with van der Waals surface area (Å²) in [6, 6.07) is 14.7. The number of anilines is 1. The fourth-order valence-corrected chi connectivity index (χ4v) is 2.98. The molecule has 0 saturated carbocycles. The number of nitrogens with one attached hydrogen (secondary N) is 2. The number of carbonyl (C=O) groups is 3. The van der Waals surface area contributed by atoms with Crippen molar-refractivity contribution in [2.24, 2.45) is 5.92 Å². The first-order chi connectivity index (χ1) is 13.8. The molecule has 0 atom stereocenters. The van der Waals surface area contributed by atoms with Gasteiger partial charge in [0.05, 0.1) is 13.1 Å². The first-order valence-electron chi connectivity index (χ1n) is 9.74. The Bertz CT molecular complexity index is 877. The number of hydrogen-bond acceptors (Lipinski definition) is 3. The highest BCUT2D eigenvalue weighted by molar-refractivity contribution is 5.98. The molecule has 0 aliphatic heterocycles. The van der Waals surface area contributed by atoms with Gasteiger partial charge in [-0.3, -0.25) is 14.4 Å². The van der Waals surface area contributed by atoms with E-state index in [0.29, 0.717) is 17.8 Å². The molecule has 6 heteroatoms. The number of carbonyl (C=O) groups excluding carboxylic acids is 3. The van der Waals surface area contributed by atoms with Crippen LogP contribution in [-0.2, 0) is 9.59 Å². The van der Waals surface area contributed by atoms with Gasteiger partial charge in [-0.05, 0) is 49.1 Å². The van der Waals surface area contributed by atoms with Crippen LogP contribution in [0.3, 0.4) is 0 Å². The summed E-state index contributed by atoms with van der Waals surface area (Å²) in [6.45, 7) is 8.00. The molecule has 0 aliphatic rings. The highest BCUT2D eigenvalue weighted by Crippen LogP contribution is 2.12. The SMILES string of the molecule is Cc1cccc(NC(=O)CNC(=O)CN(CC(C)C)C(=O)c2ccccc2C)c1. The molecule has 0 heterocycles. The molecule has 2 rings (SSSR count). The Morgan fingerprint density at radius 3 is 2.34 bits per heavy atom. The van der Waals surface area contributed by atoms with Gasteiger partial charge in [-0.1, -0.05) is 44.2 Å². The average molecular weight is 396 g/mol. The molecule has 2 N–H and O–H groups in total. The molecular formula is C23H29N3O3. The molecule has 0 spiro atoms. The van der Waals surface area contributed by atoms with Crippen LogP contribution < -0.4 is 10.6 Å². The maximum Gasteiger partial charge on any atom is 0.254 e. The van der Waals surface area contributed by atoms with E-state index in [4.69, 9.17) is 0 Å². The Hall–Kier alpha value is -3.15. The van der Waals surface area contributed by atoms with Crippen LogP contribution in [0, 0.1) is 19.8 Å². The first-order valence-corrected chi connectivity index (χ1v) is 9.74. The minimum Gasteiger partial charge on any atom is -0.345 e. The van der Waals surface area contributed by atoms with E-state index in [0.717, 1.165) is 11.1 Å². The molecule has 2 aromatic rings. The number of hydrogen-bond donors (Lipinski definition) is 2. The molecule has 0 unspecified atom stereocenters. The van der Waals surface area contributed by atoms with Crippen molar-refractivity contribution in [3.63, 3.8) is 0 Å². The summed E-state index contributed by atoms with van der Waals surface area (Å²) in [5.74, 6) is -0.659. The van der Waals surface area contributed by atoms with Gasteiger partial charge < -0.3 is 15.5 Å². The number of amides is 3. The minimum absolute atomic E-state index is 0.0942. The van der Waals surface area contributed by atoms with Crippen molar-refractivity contribution in [2.75, 3.05) is 25.0 Å². The number of rotatable bonds is 8. The highest BCUT2D eigenvalue weighted by atomic mass is 16.2. The third kappa shape index (κ3) is 7.07. The van der Waals surface area contributed by atoms with E-state index < -0.39 is 0 Å². The van der Waals surface area contributed by atoms with E-state index in [9.17, 15) is 14.4 Å². The summed E-state index contributed by atoms with van der Waals surface area (Å²) in [5.41, 5.74) is 3.16.